The molecule has 7 nitrogen and oxygen atoms in total. The van der Waals surface area contributed by atoms with Crippen LogP contribution < -0.4 is 16.4 Å². The molecule has 3 N–H and O–H groups in total. The summed E-state index contributed by atoms with van der Waals surface area (Å²) in [5, 5.41) is 3.34. The van der Waals surface area contributed by atoms with Crippen LogP contribution in [0.4, 0.5) is 10.3 Å². The quantitative estimate of drug-likeness (QED) is 0.455. The van der Waals surface area contributed by atoms with Crippen LogP contribution in [0, 0.1) is 19.7 Å². The van der Waals surface area contributed by atoms with Gasteiger partial charge in [0.05, 0.1) is 16.4 Å². The van der Waals surface area contributed by atoms with Crippen LogP contribution in [0.25, 0.3) is 21.8 Å². The molecule has 0 fully saturated rings. The summed E-state index contributed by atoms with van der Waals surface area (Å²) in [6, 6.07) is 9.95. The monoisotopic (exact) mass is 397 g/mol. The maximum Gasteiger partial charge on any atom is 0.263 e. The van der Waals surface area contributed by atoms with Crippen molar-refractivity contribution in [3.05, 3.63) is 74.3 Å². The second-order valence-electron chi connectivity index (χ2n) is 5.92. The predicted molar refractivity (Wildman–Crippen MR) is 115 cm³/mol. The Hall–Kier alpha value is -3.55. The molecule has 2 heterocycles. The Kier molecular flexibility index (Phi) is 7.19. The number of nitrogens with zero attached hydrogens (tertiary/aromatic N) is 2. The Bertz CT molecular complexity index is 1250. The number of aryl methyl sites for hydroxylation is 2. The molecular weight excluding hydrogens is 373 g/mol. The van der Waals surface area contributed by atoms with Crippen LogP contribution in [-0.2, 0) is 0 Å². The molecule has 0 spiro atoms. The summed E-state index contributed by atoms with van der Waals surface area (Å²) in [5.41, 5.74) is 1.64. The minimum Gasteiger partial charge on any atom is -0.359 e. The maximum absolute atomic E-state index is 13.2. The number of aromatic nitrogens is 4. The highest BCUT2D eigenvalue weighted by Gasteiger charge is 2.06. The van der Waals surface area contributed by atoms with E-state index in [4.69, 9.17) is 0 Å². The van der Waals surface area contributed by atoms with Gasteiger partial charge in [0.25, 0.3) is 11.1 Å². The topological polar surface area (TPSA) is 104 Å². The second-order valence-corrected chi connectivity index (χ2v) is 5.92. The van der Waals surface area contributed by atoms with Crippen LogP contribution in [0.3, 0.4) is 0 Å². The van der Waals surface area contributed by atoms with Crippen LogP contribution in [0.5, 0.6) is 0 Å². The van der Waals surface area contributed by atoms with Crippen molar-refractivity contribution in [2.75, 3.05) is 12.4 Å². The third-order valence-corrected chi connectivity index (χ3v) is 3.98. The minimum absolute atomic E-state index is 0.00787. The van der Waals surface area contributed by atoms with Gasteiger partial charge in [-0.3, -0.25) is 14.6 Å². The van der Waals surface area contributed by atoms with Crippen LogP contribution in [-0.4, -0.2) is 27.0 Å². The van der Waals surface area contributed by atoms with Gasteiger partial charge in [-0.2, -0.15) is 0 Å². The first-order chi connectivity index (χ1) is 13.9. The van der Waals surface area contributed by atoms with Gasteiger partial charge in [0.1, 0.15) is 17.0 Å². The molecule has 0 saturated carbocycles. The van der Waals surface area contributed by atoms with Crippen molar-refractivity contribution in [1.29, 1.82) is 0 Å². The summed E-state index contributed by atoms with van der Waals surface area (Å²) in [4.78, 5) is 36.2. The van der Waals surface area contributed by atoms with Crippen molar-refractivity contribution in [2.45, 2.75) is 27.7 Å². The molecular formula is C21H24FN5O2. The summed E-state index contributed by atoms with van der Waals surface area (Å²) in [6.45, 7) is 7.74. The SMILES string of the molecule is CC.CNc1nc2cccc(F)c2c(=O)[nH]1.Cc1nc2c(C)cccc2c(=O)[nH]1. The lowest BCUT2D eigenvalue weighted by Gasteiger charge is -2.01. The largest absolute Gasteiger partial charge is 0.359 e. The maximum atomic E-state index is 13.2. The van der Waals surface area contributed by atoms with E-state index < -0.39 is 11.4 Å². The molecule has 0 aliphatic heterocycles. The highest BCUT2D eigenvalue weighted by Crippen LogP contribution is 2.12. The van der Waals surface area contributed by atoms with Gasteiger partial charge in [0.15, 0.2) is 0 Å². The number of para-hydroxylation sites is 1. The molecule has 2 aromatic heterocycles. The first-order valence-corrected chi connectivity index (χ1v) is 9.23. The Balaban J connectivity index is 0.000000191. The van der Waals surface area contributed by atoms with E-state index in [2.05, 4.69) is 25.3 Å². The van der Waals surface area contributed by atoms with Gasteiger partial charge in [-0.15, -0.1) is 0 Å². The van der Waals surface area contributed by atoms with E-state index >= 15 is 0 Å². The first kappa shape index (κ1) is 21.7. The summed E-state index contributed by atoms with van der Waals surface area (Å²) < 4.78 is 13.2. The van der Waals surface area contributed by atoms with E-state index in [0.717, 1.165) is 11.1 Å². The van der Waals surface area contributed by atoms with Gasteiger partial charge >= 0.3 is 0 Å². The molecule has 0 aliphatic carbocycles. The molecule has 4 aromatic rings. The Morgan fingerprint density at radius 1 is 0.931 bits per heavy atom. The third kappa shape index (κ3) is 4.84. The molecule has 0 aliphatic rings. The summed E-state index contributed by atoms with van der Waals surface area (Å²) in [5.74, 6) is 0.429. The van der Waals surface area contributed by atoms with Crippen molar-refractivity contribution in [3.63, 3.8) is 0 Å². The van der Waals surface area contributed by atoms with Gasteiger partial charge < -0.3 is 10.3 Å². The van der Waals surface area contributed by atoms with Crippen molar-refractivity contribution in [3.8, 4) is 0 Å². The molecule has 0 saturated heterocycles. The summed E-state index contributed by atoms with van der Waals surface area (Å²) in [7, 11) is 1.63. The van der Waals surface area contributed by atoms with E-state index in [1.54, 1.807) is 26.1 Å². The molecule has 8 heteroatoms. The van der Waals surface area contributed by atoms with E-state index in [9.17, 15) is 14.0 Å². The van der Waals surface area contributed by atoms with Gasteiger partial charge in [0.2, 0.25) is 5.95 Å². The van der Waals surface area contributed by atoms with Gasteiger partial charge in [-0.25, -0.2) is 14.4 Å². The lowest BCUT2D eigenvalue weighted by molar-refractivity contribution is 0.638. The number of fused-ring (bicyclic) bond motifs is 2. The standard InChI is InChI=1S/C10H10N2O.C9H8FN3O.C2H6/c1-6-4-3-5-8-9(6)11-7(2)12-10(8)13;1-11-9-12-6-4-2-3-5(10)7(6)8(14)13-9;1-2/h3-5H,1-2H3,(H,11,12,13);2-4H,1H3,(H2,11,12,13,14);1-2H3. The third-order valence-electron chi connectivity index (χ3n) is 3.98. The van der Waals surface area contributed by atoms with Crippen molar-refractivity contribution in [1.82, 2.24) is 19.9 Å². The number of hydrogen-bond acceptors (Lipinski definition) is 5. The van der Waals surface area contributed by atoms with Crippen LogP contribution >= 0.6 is 0 Å². The number of benzene rings is 2. The Morgan fingerprint density at radius 2 is 1.62 bits per heavy atom. The van der Waals surface area contributed by atoms with Crippen LogP contribution in [0.1, 0.15) is 25.2 Å². The number of hydrogen-bond donors (Lipinski definition) is 3. The fourth-order valence-corrected chi connectivity index (χ4v) is 2.69. The van der Waals surface area contributed by atoms with E-state index in [1.165, 1.54) is 12.1 Å². The highest BCUT2D eigenvalue weighted by atomic mass is 19.1. The number of anilines is 1. The molecule has 29 heavy (non-hydrogen) atoms. The van der Waals surface area contributed by atoms with Gasteiger partial charge in [-0.1, -0.05) is 32.0 Å². The molecule has 4 rings (SSSR count). The average Bonchev–Trinajstić information content (AvgIpc) is 2.70. The highest BCUT2D eigenvalue weighted by molar-refractivity contribution is 5.80. The molecule has 0 atom stereocenters. The minimum atomic E-state index is -0.557. The summed E-state index contributed by atoms with van der Waals surface area (Å²) in [6.07, 6.45) is 0. The second kappa shape index (κ2) is 9.59. The Morgan fingerprint density at radius 3 is 2.31 bits per heavy atom. The number of halogens is 1. The molecule has 2 aromatic carbocycles. The van der Waals surface area contributed by atoms with E-state index in [-0.39, 0.29) is 10.9 Å². The van der Waals surface area contributed by atoms with Crippen molar-refractivity contribution >= 4 is 27.8 Å². The molecule has 0 radical (unpaired) electrons. The lowest BCUT2D eigenvalue weighted by atomic mass is 10.1. The van der Waals surface area contributed by atoms with Crippen LogP contribution in [0.2, 0.25) is 0 Å². The van der Waals surface area contributed by atoms with Crippen LogP contribution in [0.15, 0.2) is 46.0 Å². The molecule has 0 unspecified atom stereocenters. The summed E-state index contributed by atoms with van der Waals surface area (Å²) >= 11 is 0. The number of rotatable bonds is 1. The first-order valence-electron chi connectivity index (χ1n) is 9.23. The number of nitrogens with one attached hydrogen (secondary N) is 3. The lowest BCUT2D eigenvalue weighted by Crippen LogP contribution is -2.12. The average molecular weight is 397 g/mol. The molecule has 152 valence electrons. The fraction of sp³-hybridized carbons (Fsp3) is 0.238. The number of aromatic amines is 2. The zero-order valence-corrected chi connectivity index (χ0v) is 17.1. The predicted octanol–water partition coefficient (Wildman–Crippen LogP) is 3.67. The molecule has 0 bridgehead atoms. The normalized spacial score (nSPS) is 10.0. The van der Waals surface area contributed by atoms with Crippen molar-refractivity contribution in [2.24, 2.45) is 0 Å². The zero-order chi connectivity index (χ0) is 21.6. The van der Waals surface area contributed by atoms with Gasteiger partial charge in [-0.05, 0) is 37.6 Å². The van der Waals surface area contributed by atoms with Crippen molar-refractivity contribution < 1.29 is 4.39 Å². The Labute approximate surface area is 167 Å². The molecule has 0 amide bonds. The number of H-pyrrole nitrogens is 2. The van der Waals surface area contributed by atoms with Gasteiger partial charge in [0, 0.05) is 7.05 Å². The fourth-order valence-electron chi connectivity index (χ4n) is 2.69. The van der Waals surface area contributed by atoms with E-state index in [0.29, 0.717) is 22.7 Å². The smallest absolute Gasteiger partial charge is 0.263 e. The van der Waals surface area contributed by atoms with E-state index in [1.807, 2.05) is 32.9 Å². The zero-order valence-electron chi connectivity index (χ0n) is 17.1.